The fourth-order valence-corrected chi connectivity index (χ4v) is 4.17. The van der Waals surface area contributed by atoms with Crippen molar-refractivity contribution in [3.8, 4) is 0 Å². The SMILES string of the molecule is CCNc1nnc(SCC(=O)Nc2ccc(N3CCCC3)cc2)s1. The molecule has 0 atom stereocenters. The molecule has 1 aromatic heterocycles. The van der Waals surface area contributed by atoms with Crippen molar-refractivity contribution in [1.29, 1.82) is 0 Å². The van der Waals surface area contributed by atoms with E-state index in [-0.39, 0.29) is 5.91 Å². The van der Waals surface area contributed by atoms with Gasteiger partial charge in [0.1, 0.15) is 0 Å². The van der Waals surface area contributed by atoms with E-state index in [1.54, 1.807) is 0 Å². The first-order valence-corrected chi connectivity index (χ1v) is 9.90. The molecular formula is C16H21N5OS2. The lowest BCUT2D eigenvalue weighted by molar-refractivity contribution is -0.113. The Bertz CT molecular complexity index is 667. The van der Waals surface area contributed by atoms with Gasteiger partial charge in [-0.25, -0.2) is 0 Å². The first-order valence-electron chi connectivity index (χ1n) is 8.09. The molecule has 1 amide bonds. The number of rotatable bonds is 7. The number of aromatic nitrogens is 2. The van der Waals surface area contributed by atoms with E-state index in [4.69, 9.17) is 0 Å². The predicted octanol–water partition coefficient (Wildman–Crippen LogP) is 3.30. The zero-order chi connectivity index (χ0) is 16.8. The van der Waals surface area contributed by atoms with Crippen LogP contribution in [0.1, 0.15) is 19.8 Å². The molecule has 2 aromatic rings. The fraction of sp³-hybridized carbons (Fsp3) is 0.438. The monoisotopic (exact) mass is 363 g/mol. The molecule has 128 valence electrons. The van der Waals surface area contributed by atoms with Gasteiger partial charge >= 0.3 is 0 Å². The van der Waals surface area contributed by atoms with Gasteiger partial charge in [-0.1, -0.05) is 23.1 Å². The summed E-state index contributed by atoms with van der Waals surface area (Å²) in [5, 5.41) is 14.9. The summed E-state index contributed by atoms with van der Waals surface area (Å²) in [6, 6.07) is 8.07. The molecule has 8 heteroatoms. The summed E-state index contributed by atoms with van der Waals surface area (Å²) in [6.45, 7) is 5.07. The molecule has 2 N–H and O–H groups in total. The summed E-state index contributed by atoms with van der Waals surface area (Å²) in [5.41, 5.74) is 2.05. The minimum absolute atomic E-state index is 0.0332. The Morgan fingerprint density at radius 3 is 2.71 bits per heavy atom. The molecule has 0 radical (unpaired) electrons. The average molecular weight is 364 g/mol. The van der Waals surface area contributed by atoms with E-state index in [9.17, 15) is 4.79 Å². The van der Waals surface area contributed by atoms with Crippen molar-refractivity contribution in [3.63, 3.8) is 0 Å². The van der Waals surface area contributed by atoms with Crippen molar-refractivity contribution in [2.45, 2.75) is 24.1 Å². The molecule has 24 heavy (non-hydrogen) atoms. The lowest BCUT2D eigenvalue weighted by atomic mass is 10.2. The van der Waals surface area contributed by atoms with Crippen molar-refractivity contribution in [2.75, 3.05) is 40.9 Å². The van der Waals surface area contributed by atoms with Crippen LogP contribution in [0.5, 0.6) is 0 Å². The van der Waals surface area contributed by atoms with Crippen LogP contribution in [0.4, 0.5) is 16.5 Å². The van der Waals surface area contributed by atoms with Gasteiger partial charge in [0.2, 0.25) is 11.0 Å². The second-order valence-electron chi connectivity index (χ2n) is 5.48. The molecule has 1 aliphatic rings. The van der Waals surface area contributed by atoms with E-state index in [0.717, 1.165) is 34.8 Å². The van der Waals surface area contributed by atoms with Gasteiger partial charge in [-0.05, 0) is 44.0 Å². The number of anilines is 3. The molecule has 0 bridgehead atoms. The molecule has 0 spiro atoms. The Morgan fingerprint density at radius 2 is 2.00 bits per heavy atom. The third kappa shape index (κ3) is 4.61. The first kappa shape index (κ1) is 17.0. The number of hydrogen-bond acceptors (Lipinski definition) is 7. The minimum atomic E-state index is -0.0332. The smallest absolute Gasteiger partial charge is 0.234 e. The summed E-state index contributed by atoms with van der Waals surface area (Å²) in [6.07, 6.45) is 2.52. The number of benzene rings is 1. The number of carbonyl (C=O) groups is 1. The van der Waals surface area contributed by atoms with Crippen LogP contribution >= 0.6 is 23.1 Å². The van der Waals surface area contributed by atoms with Crippen molar-refractivity contribution < 1.29 is 4.79 Å². The Hall–Kier alpha value is -1.80. The van der Waals surface area contributed by atoms with E-state index in [1.807, 2.05) is 19.1 Å². The molecule has 1 saturated heterocycles. The van der Waals surface area contributed by atoms with Gasteiger partial charge in [0.05, 0.1) is 5.75 Å². The normalized spacial score (nSPS) is 14.0. The molecule has 6 nitrogen and oxygen atoms in total. The second-order valence-corrected chi connectivity index (χ2v) is 7.68. The topological polar surface area (TPSA) is 70.1 Å². The van der Waals surface area contributed by atoms with E-state index in [0.29, 0.717) is 5.75 Å². The molecular weight excluding hydrogens is 342 g/mol. The maximum absolute atomic E-state index is 12.1. The summed E-state index contributed by atoms with van der Waals surface area (Å²) in [4.78, 5) is 14.4. The number of nitrogens with zero attached hydrogens (tertiary/aromatic N) is 3. The number of nitrogens with one attached hydrogen (secondary N) is 2. The highest BCUT2D eigenvalue weighted by Gasteiger charge is 2.12. The average Bonchev–Trinajstić information content (AvgIpc) is 3.26. The Kier molecular flexibility index (Phi) is 5.92. The largest absolute Gasteiger partial charge is 0.372 e. The van der Waals surface area contributed by atoms with Crippen LogP contribution in [-0.4, -0.2) is 41.5 Å². The minimum Gasteiger partial charge on any atom is -0.372 e. The number of amides is 1. The molecule has 1 aromatic carbocycles. The molecule has 0 aliphatic carbocycles. The quantitative estimate of drug-likeness (QED) is 0.736. The Balaban J connectivity index is 1.47. The van der Waals surface area contributed by atoms with Gasteiger partial charge in [0.25, 0.3) is 0 Å². The molecule has 2 heterocycles. The van der Waals surface area contributed by atoms with Crippen molar-refractivity contribution in [1.82, 2.24) is 10.2 Å². The van der Waals surface area contributed by atoms with Gasteiger partial charge in [-0.2, -0.15) is 0 Å². The summed E-state index contributed by atoms with van der Waals surface area (Å²) in [5.74, 6) is 0.295. The second kappa shape index (κ2) is 8.34. The van der Waals surface area contributed by atoms with Crippen LogP contribution in [0.15, 0.2) is 28.6 Å². The summed E-state index contributed by atoms with van der Waals surface area (Å²) in [7, 11) is 0. The maximum atomic E-state index is 12.1. The van der Waals surface area contributed by atoms with Gasteiger partial charge in [0.15, 0.2) is 4.34 Å². The summed E-state index contributed by atoms with van der Waals surface area (Å²) < 4.78 is 0.797. The first-order chi connectivity index (χ1) is 11.7. The lowest BCUT2D eigenvalue weighted by Crippen LogP contribution is -2.18. The zero-order valence-corrected chi connectivity index (χ0v) is 15.3. The molecule has 3 rings (SSSR count). The number of hydrogen-bond donors (Lipinski definition) is 2. The fourth-order valence-electron chi connectivity index (χ4n) is 2.55. The molecule has 1 aliphatic heterocycles. The van der Waals surface area contributed by atoms with Crippen LogP contribution in [0.25, 0.3) is 0 Å². The van der Waals surface area contributed by atoms with Crippen molar-refractivity contribution >= 4 is 45.5 Å². The number of thioether (sulfide) groups is 1. The maximum Gasteiger partial charge on any atom is 0.234 e. The highest BCUT2D eigenvalue weighted by atomic mass is 32.2. The lowest BCUT2D eigenvalue weighted by Gasteiger charge is -2.17. The van der Waals surface area contributed by atoms with E-state index >= 15 is 0 Å². The van der Waals surface area contributed by atoms with E-state index < -0.39 is 0 Å². The molecule has 0 saturated carbocycles. The van der Waals surface area contributed by atoms with Crippen molar-refractivity contribution in [3.05, 3.63) is 24.3 Å². The van der Waals surface area contributed by atoms with Crippen LogP contribution in [0, 0.1) is 0 Å². The van der Waals surface area contributed by atoms with Crippen molar-refractivity contribution in [2.24, 2.45) is 0 Å². The van der Waals surface area contributed by atoms with Gasteiger partial charge in [0, 0.05) is 31.0 Å². The molecule has 0 unspecified atom stereocenters. The Morgan fingerprint density at radius 1 is 1.25 bits per heavy atom. The Labute approximate surface area is 150 Å². The standard InChI is InChI=1S/C16H21N5OS2/c1-2-17-15-19-20-16(24-15)23-11-14(22)18-12-5-7-13(8-6-12)21-9-3-4-10-21/h5-8H,2-4,9-11H2,1H3,(H,17,19)(H,18,22). The van der Waals surface area contributed by atoms with Crippen LogP contribution in [-0.2, 0) is 4.79 Å². The summed E-state index contributed by atoms with van der Waals surface area (Å²) >= 11 is 2.87. The van der Waals surface area contributed by atoms with Crippen LogP contribution < -0.4 is 15.5 Å². The third-order valence-electron chi connectivity index (χ3n) is 3.68. The van der Waals surface area contributed by atoms with Gasteiger partial charge in [-0.15, -0.1) is 10.2 Å². The predicted molar refractivity (Wildman–Crippen MR) is 101 cm³/mol. The van der Waals surface area contributed by atoms with E-state index in [2.05, 4.69) is 37.9 Å². The van der Waals surface area contributed by atoms with Gasteiger partial charge < -0.3 is 15.5 Å². The molecule has 1 fully saturated rings. The number of carbonyl (C=O) groups excluding carboxylic acids is 1. The van der Waals surface area contributed by atoms with E-state index in [1.165, 1.54) is 41.6 Å². The third-order valence-corrected chi connectivity index (χ3v) is 5.70. The van der Waals surface area contributed by atoms with Crippen LogP contribution in [0.3, 0.4) is 0 Å². The highest BCUT2D eigenvalue weighted by molar-refractivity contribution is 8.01. The van der Waals surface area contributed by atoms with Crippen LogP contribution in [0.2, 0.25) is 0 Å². The highest BCUT2D eigenvalue weighted by Crippen LogP contribution is 2.26. The van der Waals surface area contributed by atoms with Gasteiger partial charge in [-0.3, -0.25) is 4.79 Å². The zero-order valence-electron chi connectivity index (χ0n) is 13.6.